The number of sulfonamides is 1. The summed E-state index contributed by atoms with van der Waals surface area (Å²) in [5.41, 5.74) is 2.67. The molecule has 38 heavy (non-hydrogen) atoms. The van der Waals surface area contributed by atoms with Gasteiger partial charge in [-0.1, -0.05) is 24.3 Å². The maximum absolute atomic E-state index is 13.5. The minimum atomic E-state index is -3.97. The molecule has 0 unspecified atom stereocenters. The van der Waals surface area contributed by atoms with Gasteiger partial charge in [0.15, 0.2) is 11.6 Å². The highest BCUT2D eigenvalue weighted by Gasteiger charge is 2.20. The Morgan fingerprint density at radius 1 is 0.868 bits per heavy atom. The van der Waals surface area contributed by atoms with E-state index in [4.69, 9.17) is 14.2 Å². The highest BCUT2D eigenvalue weighted by atomic mass is 32.2. The Kier molecular flexibility index (Phi) is 7.59. The number of nitrogens with zero attached hydrogens (tertiary/aromatic N) is 3. The summed E-state index contributed by atoms with van der Waals surface area (Å²) >= 11 is 0. The van der Waals surface area contributed by atoms with Crippen molar-refractivity contribution in [2.24, 2.45) is 0 Å². The van der Waals surface area contributed by atoms with Crippen LogP contribution in [-0.2, 0) is 21.3 Å². The maximum atomic E-state index is 13.5. The lowest BCUT2D eigenvalue weighted by molar-refractivity contribution is 0.0341. The van der Waals surface area contributed by atoms with E-state index in [-0.39, 0.29) is 16.5 Å². The van der Waals surface area contributed by atoms with Gasteiger partial charge in [0.2, 0.25) is 0 Å². The van der Waals surface area contributed by atoms with E-state index in [0.717, 1.165) is 18.7 Å². The molecule has 0 saturated carbocycles. The number of rotatable bonds is 9. The molecule has 0 amide bonds. The minimum absolute atomic E-state index is 0.0732. The van der Waals surface area contributed by atoms with Gasteiger partial charge in [0.1, 0.15) is 11.5 Å². The Hall–Kier alpha value is -3.93. The number of ether oxygens (including phenoxy) is 3. The van der Waals surface area contributed by atoms with Crippen LogP contribution in [0, 0.1) is 0 Å². The van der Waals surface area contributed by atoms with Crippen LogP contribution in [-0.4, -0.2) is 63.8 Å². The molecule has 0 spiro atoms. The van der Waals surface area contributed by atoms with Crippen LogP contribution in [0.4, 0.5) is 17.3 Å². The van der Waals surface area contributed by atoms with Gasteiger partial charge < -0.3 is 19.5 Å². The van der Waals surface area contributed by atoms with E-state index in [0.29, 0.717) is 48.0 Å². The van der Waals surface area contributed by atoms with Gasteiger partial charge in [-0.15, -0.1) is 0 Å². The average molecular weight is 536 g/mol. The lowest BCUT2D eigenvalue weighted by Crippen LogP contribution is -2.35. The van der Waals surface area contributed by atoms with Gasteiger partial charge in [0.05, 0.1) is 43.4 Å². The zero-order chi connectivity index (χ0) is 26.5. The van der Waals surface area contributed by atoms with Gasteiger partial charge in [-0.3, -0.25) is 9.62 Å². The number of hydrogen-bond acceptors (Lipinski definition) is 9. The van der Waals surface area contributed by atoms with Crippen LogP contribution >= 0.6 is 0 Å². The number of morpholine rings is 1. The zero-order valence-corrected chi connectivity index (χ0v) is 22.0. The van der Waals surface area contributed by atoms with E-state index < -0.39 is 10.0 Å². The first kappa shape index (κ1) is 25.7. The van der Waals surface area contributed by atoms with Crippen LogP contribution < -0.4 is 19.5 Å². The summed E-state index contributed by atoms with van der Waals surface area (Å²) in [6.45, 7) is 3.62. The molecule has 1 aliphatic heterocycles. The molecule has 1 aromatic heterocycles. The summed E-state index contributed by atoms with van der Waals surface area (Å²) in [5.74, 6) is 1.45. The average Bonchev–Trinajstić information content (AvgIpc) is 2.93. The van der Waals surface area contributed by atoms with Crippen molar-refractivity contribution >= 4 is 38.4 Å². The minimum Gasteiger partial charge on any atom is -0.497 e. The molecule has 2 heterocycles. The first-order chi connectivity index (χ1) is 18.4. The van der Waals surface area contributed by atoms with Crippen molar-refractivity contribution in [3.63, 3.8) is 0 Å². The molecule has 0 aliphatic carbocycles. The topological polar surface area (TPSA) is 115 Å². The lowest BCUT2D eigenvalue weighted by atomic mass is 10.2. The molecule has 1 aliphatic rings. The Labute approximate surface area is 221 Å². The van der Waals surface area contributed by atoms with Crippen LogP contribution in [0.15, 0.2) is 71.6 Å². The van der Waals surface area contributed by atoms with Crippen molar-refractivity contribution in [2.45, 2.75) is 11.4 Å². The largest absolute Gasteiger partial charge is 0.497 e. The predicted octanol–water partition coefficient (Wildman–Crippen LogP) is 4.02. The summed E-state index contributed by atoms with van der Waals surface area (Å²) in [4.78, 5) is 11.6. The van der Waals surface area contributed by atoms with Crippen molar-refractivity contribution in [3.8, 4) is 11.5 Å². The fourth-order valence-electron chi connectivity index (χ4n) is 4.19. The Morgan fingerprint density at radius 2 is 1.53 bits per heavy atom. The molecule has 2 N–H and O–H groups in total. The molecule has 198 valence electrons. The highest BCUT2D eigenvalue weighted by Crippen LogP contribution is 2.31. The second-order valence-corrected chi connectivity index (χ2v) is 10.5. The van der Waals surface area contributed by atoms with E-state index in [9.17, 15) is 8.42 Å². The van der Waals surface area contributed by atoms with Gasteiger partial charge in [-0.2, -0.15) is 0 Å². The Morgan fingerprint density at radius 3 is 2.18 bits per heavy atom. The monoisotopic (exact) mass is 535 g/mol. The van der Waals surface area contributed by atoms with Crippen LogP contribution in [0.5, 0.6) is 11.5 Å². The summed E-state index contributed by atoms with van der Waals surface area (Å²) in [6.07, 6.45) is 0. The second-order valence-electron chi connectivity index (χ2n) is 8.78. The standard InChI is InChI=1S/C27H29N5O5S/c1-35-21-15-20(16-22(17-21)36-2)28-26-27(30-25-9-4-3-8-24(25)29-26)31-38(33,34)23-7-5-6-19(14-23)18-32-10-12-37-13-11-32/h3-9,14-17H,10-13,18H2,1-2H3,(H,28,29)(H,30,31). The lowest BCUT2D eigenvalue weighted by Gasteiger charge is -2.26. The van der Waals surface area contributed by atoms with Gasteiger partial charge in [-0.25, -0.2) is 18.4 Å². The van der Waals surface area contributed by atoms with E-state index in [1.165, 1.54) is 0 Å². The quantitative estimate of drug-likeness (QED) is 0.328. The third-order valence-electron chi connectivity index (χ3n) is 6.13. The molecule has 0 radical (unpaired) electrons. The third-order valence-corrected chi connectivity index (χ3v) is 7.47. The molecule has 0 bridgehead atoms. The van der Waals surface area contributed by atoms with Gasteiger partial charge in [0, 0.05) is 43.5 Å². The molecule has 10 nitrogen and oxygen atoms in total. The number of anilines is 3. The molecular weight excluding hydrogens is 506 g/mol. The zero-order valence-electron chi connectivity index (χ0n) is 21.2. The van der Waals surface area contributed by atoms with Gasteiger partial charge in [-0.05, 0) is 29.8 Å². The Balaban J connectivity index is 1.47. The molecule has 0 atom stereocenters. The normalized spacial score (nSPS) is 14.3. The maximum Gasteiger partial charge on any atom is 0.263 e. The summed E-state index contributed by atoms with van der Waals surface area (Å²) < 4.78 is 45.8. The molecule has 11 heteroatoms. The van der Waals surface area contributed by atoms with Crippen molar-refractivity contribution in [2.75, 3.05) is 50.6 Å². The number of aromatic nitrogens is 2. The fourth-order valence-corrected chi connectivity index (χ4v) is 5.27. The smallest absolute Gasteiger partial charge is 0.263 e. The second kappa shape index (κ2) is 11.2. The number of hydrogen-bond donors (Lipinski definition) is 2. The van der Waals surface area contributed by atoms with Crippen LogP contribution in [0.2, 0.25) is 0 Å². The Bertz CT molecular complexity index is 1520. The van der Waals surface area contributed by atoms with Gasteiger partial charge >= 0.3 is 0 Å². The van der Waals surface area contributed by atoms with Crippen LogP contribution in [0.25, 0.3) is 11.0 Å². The van der Waals surface area contributed by atoms with E-state index >= 15 is 0 Å². The molecule has 5 rings (SSSR count). The van der Waals surface area contributed by atoms with Crippen molar-refractivity contribution in [1.82, 2.24) is 14.9 Å². The van der Waals surface area contributed by atoms with Crippen molar-refractivity contribution < 1.29 is 22.6 Å². The number of nitrogens with one attached hydrogen (secondary N) is 2. The molecule has 1 fully saturated rings. The number of para-hydroxylation sites is 2. The van der Waals surface area contributed by atoms with Crippen LogP contribution in [0.1, 0.15) is 5.56 Å². The van der Waals surface area contributed by atoms with E-state index in [1.807, 2.05) is 24.3 Å². The van der Waals surface area contributed by atoms with Crippen LogP contribution in [0.3, 0.4) is 0 Å². The summed E-state index contributed by atoms with van der Waals surface area (Å²) in [5, 5.41) is 3.17. The number of benzene rings is 3. The molecular formula is C27H29N5O5S. The first-order valence-corrected chi connectivity index (χ1v) is 13.6. The van der Waals surface area contributed by atoms with E-state index in [1.54, 1.807) is 56.7 Å². The number of fused-ring (bicyclic) bond motifs is 1. The summed E-state index contributed by atoms with van der Waals surface area (Å²) in [7, 11) is -0.857. The van der Waals surface area contributed by atoms with E-state index in [2.05, 4.69) is 24.9 Å². The van der Waals surface area contributed by atoms with Gasteiger partial charge in [0.25, 0.3) is 10.0 Å². The fraction of sp³-hybridized carbons (Fsp3) is 0.259. The van der Waals surface area contributed by atoms with Crippen molar-refractivity contribution in [1.29, 1.82) is 0 Å². The summed E-state index contributed by atoms with van der Waals surface area (Å²) in [6, 6.07) is 19.4. The highest BCUT2D eigenvalue weighted by molar-refractivity contribution is 7.92. The molecule has 3 aromatic carbocycles. The molecule has 4 aromatic rings. The first-order valence-electron chi connectivity index (χ1n) is 12.1. The third kappa shape index (κ3) is 5.96. The van der Waals surface area contributed by atoms with Crippen molar-refractivity contribution in [3.05, 3.63) is 72.3 Å². The molecule has 1 saturated heterocycles. The predicted molar refractivity (Wildman–Crippen MR) is 146 cm³/mol. The SMILES string of the molecule is COc1cc(Nc2nc3ccccc3nc2NS(=O)(=O)c2cccc(CN3CCOCC3)c2)cc(OC)c1. The number of methoxy groups -OCH3 is 2.